The first-order valence-electron chi connectivity index (χ1n) is 26.1. The summed E-state index contributed by atoms with van der Waals surface area (Å²) in [5.74, 6) is 1.15. The van der Waals surface area contributed by atoms with E-state index < -0.39 is 0 Å². The van der Waals surface area contributed by atoms with E-state index in [1.165, 1.54) is 218 Å². The highest BCUT2D eigenvalue weighted by atomic mass is 16.5. The van der Waals surface area contributed by atoms with Gasteiger partial charge in [0.2, 0.25) is 0 Å². The van der Waals surface area contributed by atoms with E-state index >= 15 is 0 Å². The third-order valence-electron chi connectivity index (χ3n) is 12.3. The largest absolute Gasteiger partial charge is 0.465 e. The molecule has 0 aromatic rings. The van der Waals surface area contributed by atoms with Crippen molar-refractivity contribution in [3.63, 3.8) is 0 Å². The maximum Gasteiger partial charge on any atom is 0.305 e. The Morgan fingerprint density at radius 1 is 0.333 bits per heavy atom. The van der Waals surface area contributed by atoms with Crippen molar-refractivity contribution in [3.8, 4) is 0 Å². The SMILES string of the molecule is CCCCCCCCC(CCCCCCCC)COC(=O)CCCCCCCNCCCCCCCC(=O)OCC(CCCCCCCC)CCCCCCCC. The lowest BCUT2D eigenvalue weighted by atomic mass is 9.94. The van der Waals surface area contributed by atoms with Crippen molar-refractivity contribution >= 4 is 11.9 Å². The average molecular weight is 806 g/mol. The normalized spacial score (nSPS) is 11.6. The van der Waals surface area contributed by atoms with Crippen LogP contribution in [0.5, 0.6) is 0 Å². The first kappa shape index (κ1) is 55.9. The van der Waals surface area contributed by atoms with Crippen LogP contribution in [0.15, 0.2) is 0 Å². The van der Waals surface area contributed by atoms with Crippen molar-refractivity contribution in [2.24, 2.45) is 11.8 Å². The molecular weight excluding hydrogens is 703 g/mol. The second-order valence-corrected chi connectivity index (χ2v) is 18.1. The van der Waals surface area contributed by atoms with Crippen LogP contribution in [0.1, 0.15) is 285 Å². The van der Waals surface area contributed by atoms with E-state index in [0.717, 1.165) is 38.8 Å². The lowest BCUT2D eigenvalue weighted by Gasteiger charge is -2.17. The first-order chi connectivity index (χ1) is 28.1. The molecule has 0 radical (unpaired) electrons. The van der Waals surface area contributed by atoms with Crippen LogP contribution in [0.2, 0.25) is 0 Å². The van der Waals surface area contributed by atoms with Gasteiger partial charge in [0.05, 0.1) is 13.2 Å². The molecule has 5 nitrogen and oxygen atoms in total. The first-order valence-corrected chi connectivity index (χ1v) is 26.1. The van der Waals surface area contributed by atoms with Crippen LogP contribution >= 0.6 is 0 Å². The molecule has 0 aromatic carbocycles. The van der Waals surface area contributed by atoms with E-state index in [-0.39, 0.29) is 11.9 Å². The minimum Gasteiger partial charge on any atom is -0.465 e. The van der Waals surface area contributed by atoms with Gasteiger partial charge in [0, 0.05) is 12.8 Å². The molecule has 0 fully saturated rings. The fourth-order valence-corrected chi connectivity index (χ4v) is 8.27. The predicted molar refractivity (Wildman–Crippen MR) is 249 cm³/mol. The van der Waals surface area contributed by atoms with Gasteiger partial charge in [-0.15, -0.1) is 0 Å². The molecular formula is C52H103NO4. The van der Waals surface area contributed by atoms with E-state index in [1.54, 1.807) is 0 Å². The predicted octanol–water partition coefficient (Wildman–Crippen LogP) is 16.6. The standard InChI is InChI=1S/C52H103NO4/c1-5-9-13-17-23-31-39-49(40-32-24-18-14-10-6-2)47-56-51(54)43-35-27-21-29-37-45-53-46-38-30-22-28-36-44-52(55)57-48-50(41-33-25-19-15-11-7-3)42-34-26-20-16-12-8-4/h49-50,53H,5-48H2,1-4H3. The van der Waals surface area contributed by atoms with E-state index in [2.05, 4.69) is 33.0 Å². The quantitative estimate of drug-likeness (QED) is 0.0490. The average Bonchev–Trinajstić information content (AvgIpc) is 3.21. The van der Waals surface area contributed by atoms with Gasteiger partial charge in [-0.3, -0.25) is 9.59 Å². The van der Waals surface area contributed by atoms with Gasteiger partial charge in [-0.2, -0.15) is 0 Å². The number of esters is 2. The van der Waals surface area contributed by atoms with E-state index in [4.69, 9.17) is 9.47 Å². The van der Waals surface area contributed by atoms with Crippen molar-refractivity contribution in [1.29, 1.82) is 0 Å². The van der Waals surface area contributed by atoms with Gasteiger partial charge >= 0.3 is 11.9 Å². The summed E-state index contributed by atoms with van der Waals surface area (Å²) in [6, 6.07) is 0. The summed E-state index contributed by atoms with van der Waals surface area (Å²) < 4.78 is 11.6. The Labute approximate surface area is 357 Å². The number of nitrogens with one attached hydrogen (secondary N) is 1. The van der Waals surface area contributed by atoms with Gasteiger partial charge in [-0.25, -0.2) is 0 Å². The Bertz CT molecular complexity index is 707. The molecule has 5 heteroatoms. The van der Waals surface area contributed by atoms with Crippen molar-refractivity contribution in [2.45, 2.75) is 285 Å². The molecule has 0 aliphatic carbocycles. The van der Waals surface area contributed by atoms with Gasteiger partial charge in [0.1, 0.15) is 0 Å². The molecule has 0 amide bonds. The molecule has 57 heavy (non-hydrogen) atoms. The Kier molecular flexibility index (Phi) is 46.7. The number of hydrogen-bond acceptors (Lipinski definition) is 5. The van der Waals surface area contributed by atoms with Crippen LogP contribution in [0, 0.1) is 11.8 Å². The molecule has 0 saturated carbocycles. The molecule has 0 spiro atoms. The van der Waals surface area contributed by atoms with Gasteiger partial charge in [0.15, 0.2) is 0 Å². The van der Waals surface area contributed by atoms with Crippen molar-refractivity contribution in [3.05, 3.63) is 0 Å². The minimum atomic E-state index is 0.0220. The van der Waals surface area contributed by atoms with E-state index in [0.29, 0.717) is 37.9 Å². The highest BCUT2D eigenvalue weighted by Gasteiger charge is 2.14. The maximum atomic E-state index is 12.5. The van der Waals surface area contributed by atoms with E-state index in [1.807, 2.05) is 0 Å². The molecule has 0 unspecified atom stereocenters. The number of rotatable bonds is 48. The Hall–Kier alpha value is -1.10. The fraction of sp³-hybridized carbons (Fsp3) is 0.962. The summed E-state index contributed by atoms with van der Waals surface area (Å²) in [7, 11) is 0. The van der Waals surface area contributed by atoms with Crippen molar-refractivity contribution in [2.75, 3.05) is 26.3 Å². The molecule has 0 aliphatic rings. The molecule has 1 N–H and O–H groups in total. The zero-order chi connectivity index (χ0) is 41.5. The van der Waals surface area contributed by atoms with Crippen molar-refractivity contribution in [1.82, 2.24) is 5.32 Å². The van der Waals surface area contributed by atoms with E-state index in [9.17, 15) is 9.59 Å². The third kappa shape index (κ3) is 44.3. The second-order valence-electron chi connectivity index (χ2n) is 18.1. The molecule has 0 rings (SSSR count). The highest BCUT2D eigenvalue weighted by molar-refractivity contribution is 5.69. The minimum absolute atomic E-state index is 0.0220. The molecule has 340 valence electrons. The lowest BCUT2D eigenvalue weighted by molar-refractivity contribution is -0.146. The maximum absolute atomic E-state index is 12.5. The Morgan fingerprint density at radius 3 is 0.877 bits per heavy atom. The monoisotopic (exact) mass is 806 g/mol. The van der Waals surface area contributed by atoms with Crippen LogP contribution in [0.4, 0.5) is 0 Å². The Morgan fingerprint density at radius 2 is 0.579 bits per heavy atom. The van der Waals surface area contributed by atoms with Crippen LogP contribution < -0.4 is 5.32 Å². The van der Waals surface area contributed by atoms with Crippen LogP contribution in [-0.4, -0.2) is 38.2 Å². The van der Waals surface area contributed by atoms with Crippen LogP contribution in [0.3, 0.4) is 0 Å². The number of hydrogen-bond donors (Lipinski definition) is 1. The smallest absolute Gasteiger partial charge is 0.305 e. The zero-order valence-electron chi connectivity index (χ0n) is 39.4. The molecule has 0 heterocycles. The summed E-state index contributed by atoms with van der Waals surface area (Å²) in [4.78, 5) is 25.0. The van der Waals surface area contributed by atoms with Crippen LogP contribution in [-0.2, 0) is 19.1 Å². The lowest BCUT2D eigenvalue weighted by Crippen LogP contribution is -2.16. The fourth-order valence-electron chi connectivity index (χ4n) is 8.27. The summed E-state index contributed by atoms with van der Waals surface area (Å²) in [6.45, 7) is 12.6. The molecule has 0 atom stereocenters. The topological polar surface area (TPSA) is 64.6 Å². The van der Waals surface area contributed by atoms with Gasteiger partial charge in [-0.1, -0.05) is 220 Å². The zero-order valence-corrected chi connectivity index (χ0v) is 39.4. The number of ether oxygens (including phenoxy) is 2. The summed E-state index contributed by atoms with van der Waals surface area (Å²) in [6.07, 6.45) is 49.5. The molecule has 0 saturated heterocycles. The molecule has 0 bridgehead atoms. The molecule has 0 aromatic heterocycles. The number of carbonyl (C=O) groups is 2. The van der Waals surface area contributed by atoms with Crippen LogP contribution in [0.25, 0.3) is 0 Å². The molecule has 0 aliphatic heterocycles. The number of carbonyl (C=O) groups excluding carboxylic acids is 2. The summed E-state index contributed by atoms with van der Waals surface area (Å²) >= 11 is 0. The van der Waals surface area contributed by atoms with Crippen molar-refractivity contribution < 1.29 is 19.1 Å². The third-order valence-corrected chi connectivity index (χ3v) is 12.3. The number of unbranched alkanes of at least 4 members (excludes halogenated alkanes) is 28. The van der Waals surface area contributed by atoms with Gasteiger partial charge in [0.25, 0.3) is 0 Å². The van der Waals surface area contributed by atoms with Gasteiger partial charge < -0.3 is 14.8 Å². The summed E-state index contributed by atoms with van der Waals surface area (Å²) in [5.41, 5.74) is 0. The summed E-state index contributed by atoms with van der Waals surface area (Å²) in [5, 5.41) is 3.62. The second kappa shape index (κ2) is 47.6. The highest BCUT2D eigenvalue weighted by Crippen LogP contribution is 2.22. The Balaban J connectivity index is 3.86. The van der Waals surface area contributed by atoms with Gasteiger partial charge in [-0.05, 0) is 76.3 Å².